The van der Waals surface area contributed by atoms with E-state index >= 15 is 0 Å². The molecule has 0 spiro atoms. The van der Waals surface area contributed by atoms with Crippen molar-refractivity contribution in [1.82, 2.24) is 19.9 Å². The van der Waals surface area contributed by atoms with E-state index in [0.717, 1.165) is 12.1 Å². The van der Waals surface area contributed by atoms with Gasteiger partial charge in [-0.05, 0) is 24.3 Å². The molecule has 0 fully saturated rings. The molecule has 1 aromatic carbocycles. The van der Waals surface area contributed by atoms with Gasteiger partial charge in [0, 0.05) is 19.5 Å². The molecule has 9 heteroatoms. The van der Waals surface area contributed by atoms with Crippen molar-refractivity contribution >= 4 is 6.21 Å². The fourth-order valence-corrected chi connectivity index (χ4v) is 2.13. The van der Waals surface area contributed by atoms with E-state index in [2.05, 4.69) is 15.3 Å². The van der Waals surface area contributed by atoms with Gasteiger partial charge in [0.15, 0.2) is 0 Å². The largest absolute Gasteiger partial charge is 0.337 e. The van der Waals surface area contributed by atoms with E-state index in [9.17, 15) is 13.2 Å². The number of rotatable bonds is 5. The molecule has 1 aromatic heterocycles. The van der Waals surface area contributed by atoms with Crippen LogP contribution >= 0.6 is 0 Å². The zero-order valence-electron chi connectivity index (χ0n) is 12.7. The van der Waals surface area contributed by atoms with Crippen LogP contribution in [0.2, 0.25) is 0 Å². The summed E-state index contributed by atoms with van der Waals surface area (Å²) in [4.78, 5) is 5.92. The summed E-state index contributed by atoms with van der Waals surface area (Å²) in [6, 6.07) is 3.38. The minimum Gasteiger partial charge on any atom is -0.337 e. The van der Waals surface area contributed by atoms with Crippen molar-refractivity contribution in [1.29, 1.82) is 0 Å². The lowest BCUT2D eigenvalue weighted by atomic mass is 10.2. The Hall–Kier alpha value is -2.68. The second-order valence-electron chi connectivity index (χ2n) is 5.10. The third-order valence-electron chi connectivity index (χ3n) is 3.37. The molecule has 0 amide bonds. The van der Waals surface area contributed by atoms with Gasteiger partial charge in [0.2, 0.25) is 6.35 Å². The Morgan fingerprint density at radius 2 is 2.17 bits per heavy atom. The van der Waals surface area contributed by atoms with Crippen LogP contribution in [0.15, 0.2) is 41.7 Å². The first-order chi connectivity index (χ1) is 11.5. The maximum Gasteiger partial charge on any atom is 0.266 e. The van der Waals surface area contributed by atoms with Crippen LogP contribution in [0.5, 0.6) is 0 Å². The average molecular weight is 337 g/mol. The minimum atomic E-state index is -2.90. The molecular weight excluding hydrogens is 323 g/mol. The summed E-state index contributed by atoms with van der Waals surface area (Å²) < 4.78 is 45.7. The van der Waals surface area contributed by atoms with Crippen molar-refractivity contribution in [3.63, 3.8) is 0 Å². The molecule has 2 heterocycles. The molecule has 0 saturated carbocycles. The first-order valence-electron chi connectivity index (χ1n) is 7.07. The number of hydrogen-bond acceptors (Lipinski definition) is 5. The summed E-state index contributed by atoms with van der Waals surface area (Å²) in [5, 5.41) is 7.77. The van der Waals surface area contributed by atoms with Crippen LogP contribution < -0.4 is 0 Å². The molecule has 1 atom stereocenters. The van der Waals surface area contributed by atoms with Crippen LogP contribution in [0.1, 0.15) is 17.7 Å². The Kier molecular flexibility index (Phi) is 4.61. The second kappa shape index (κ2) is 6.83. The molecule has 3 rings (SSSR count). The molecular formula is C15H14F3N5O. The van der Waals surface area contributed by atoms with Crippen molar-refractivity contribution < 1.29 is 17.9 Å². The van der Waals surface area contributed by atoms with Gasteiger partial charge in [-0.15, -0.1) is 5.10 Å². The highest BCUT2D eigenvalue weighted by Crippen LogP contribution is 2.24. The highest BCUT2D eigenvalue weighted by molar-refractivity contribution is 5.71. The first kappa shape index (κ1) is 16.2. The average Bonchev–Trinajstić information content (AvgIpc) is 3.03. The normalized spacial score (nSPS) is 17.0. The van der Waals surface area contributed by atoms with Gasteiger partial charge in [-0.25, -0.2) is 22.8 Å². The zero-order valence-corrected chi connectivity index (χ0v) is 12.7. The number of halogens is 3. The van der Waals surface area contributed by atoms with Crippen molar-refractivity contribution in [3.05, 3.63) is 53.7 Å². The molecule has 0 N–H and O–H groups in total. The highest BCUT2D eigenvalue weighted by atomic mass is 19.3. The first-order valence-corrected chi connectivity index (χ1v) is 7.07. The van der Waals surface area contributed by atoms with Gasteiger partial charge in [0.25, 0.3) is 6.43 Å². The number of alkyl halides is 2. The van der Waals surface area contributed by atoms with E-state index in [1.54, 1.807) is 17.2 Å². The van der Waals surface area contributed by atoms with Crippen molar-refractivity contribution in [2.24, 2.45) is 4.99 Å². The van der Waals surface area contributed by atoms with Gasteiger partial charge < -0.3 is 9.64 Å². The summed E-state index contributed by atoms with van der Waals surface area (Å²) in [7, 11) is 1.82. The number of benzene rings is 1. The Morgan fingerprint density at radius 3 is 2.92 bits per heavy atom. The molecule has 1 unspecified atom stereocenters. The number of allylic oxidation sites excluding steroid dienone is 1. The lowest BCUT2D eigenvalue weighted by molar-refractivity contribution is -0.0322. The van der Waals surface area contributed by atoms with E-state index in [0.29, 0.717) is 11.4 Å². The molecule has 126 valence electrons. The maximum atomic E-state index is 13.3. The number of hydrogen-bond donors (Lipinski definition) is 0. The van der Waals surface area contributed by atoms with Crippen LogP contribution in [-0.2, 0) is 11.3 Å². The Balaban J connectivity index is 1.70. The van der Waals surface area contributed by atoms with Gasteiger partial charge in [0.1, 0.15) is 11.5 Å². The van der Waals surface area contributed by atoms with Crippen molar-refractivity contribution in [2.45, 2.75) is 19.4 Å². The fraction of sp³-hybridized carbons (Fsp3) is 0.267. The van der Waals surface area contributed by atoms with Crippen LogP contribution in [0.25, 0.3) is 5.69 Å². The SMILES string of the molecule is CN1C=CC=NC1OCc1cn(-c2ccc(F)c(C(F)F)c2)nn1. The second-order valence-corrected chi connectivity index (χ2v) is 5.10. The summed E-state index contributed by atoms with van der Waals surface area (Å²) in [5.74, 6) is -0.955. The standard InChI is InChI=1S/C15H14F3N5O/c1-22-6-2-5-19-15(22)24-9-10-8-23(21-20-10)11-3-4-13(16)12(7-11)14(17)18/h2-8,14-15H,9H2,1H3. The number of nitrogens with zero attached hydrogens (tertiary/aromatic N) is 5. The van der Waals surface area contributed by atoms with Crippen LogP contribution in [0, 0.1) is 5.82 Å². The molecule has 0 radical (unpaired) electrons. The molecule has 0 aliphatic carbocycles. The van der Waals surface area contributed by atoms with Gasteiger partial charge in [0.05, 0.1) is 24.1 Å². The molecule has 1 aliphatic heterocycles. The van der Waals surface area contributed by atoms with Gasteiger partial charge >= 0.3 is 0 Å². The highest BCUT2D eigenvalue weighted by Gasteiger charge is 2.16. The summed E-state index contributed by atoms with van der Waals surface area (Å²) in [6.45, 7) is 0.142. The molecule has 0 bridgehead atoms. The summed E-state index contributed by atoms with van der Waals surface area (Å²) >= 11 is 0. The smallest absolute Gasteiger partial charge is 0.266 e. The molecule has 1 aliphatic rings. The molecule has 0 saturated heterocycles. The van der Waals surface area contributed by atoms with Crippen LogP contribution in [-0.4, -0.2) is 39.5 Å². The monoisotopic (exact) mass is 337 g/mol. The predicted octanol–water partition coefficient (Wildman–Crippen LogP) is 2.67. The lowest BCUT2D eigenvalue weighted by Crippen LogP contribution is -2.29. The Labute approximate surface area is 135 Å². The minimum absolute atomic E-state index is 0.142. The van der Waals surface area contributed by atoms with E-state index in [4.69, 9.17) is 4.74 Å². The maximum absolute atomic E-state index is 13.3. The van der Waals surface area contributed by atoms with Crippen molar-refractivity contribution in [3.8, 4) is 5.69 Å². The summed E-state index contributed by atoms with van der Waals surface area (Å²) in [6.07, 6.45) is 3.40. The van der Waals surface area contributed by atoms with E-state index in [-0.39, 0.29) is 6.61 Å². The fourth-order valence-electron chi connectivity index (χ4n) is 2.13. The third-order valence-corrected chi connectivity index (χ3v) is 3.37. The quantitative estimate of drug-likeness (QED) is 0.842. The Morgan fingerprint density at radius 1 is 1.33 bits per heavy atom. The Bertz CT molecular complexity index is 774. The van der Waals surface area contributed by atoms with E-state index in [1.165, 1.54) is 16.9 Å². The molecule has 2 aromatic rings. The van der Waals surface area contributed by atoms with Gasteiger partial charge in [-0.2, -0.15) is 0 Å². The van der Waals surface area contributed by atoms with E-state index < -0.39 is 24.2 Å². The zero-order chi connectivity index (χ0) is 17.1. The summed E-state index contributed by atoms with van der Waals surface area (Å²) in [5.41, 5.74) is 0.114. The van der Waals surface area contributed by atoms with Crippen LogP contribution in [0.3, 0.4) is 0 Å². The van der Waals surface area contributed by atoms with Crippen LogP contribution in [0.4, 0.5) is 13.2 Å². The van der Waals surface area contributed by atoms with Crippen molar-refractivity contribution in [2.75, 3.05) is 7.05 Å². The topological polar surface area (TPSA) is 55.5 Å². The van der Waals surface area contributed by atoms with E-state index in [1.807, 2.05) is 13.2 Å². The number of aromatic nitrogens is 3. The van der Waals surface area contributed by atoms with Gasteiger partial charge in [-0.1, -0.05) is 5.21 Å². The molecule has 24 heavy (non-hydrogen) atoms. The molecule has 6 nitrogen and oxygen atoms in total. The predicted molar refractivity (Wildman–Crippen MR) is 80.2 cm³/mol. The lowest BCUT2D eigenvalue weighted by Gasteiger charge is -2.24. The number of aliphatic imine (C=N–C) groups is 1. The number of ether oxygens (including phenoxy) is 1. The third kappa shape index (κ3) is 3.46. The van der Waals surface area contributed by atoms with Gasteiger partial charge in [-0.3, -0.25) is 0 Å².